The van der Waals surface area contributed by atoms with E-state index in [9.17, 15) is 9.59 Å². The lowest BCUT2D eigenvalue weighted by Crippen LogP contribution is -3.19. The number of hydrogen-bond donors (Lipinski definition) is 1. The van der Waals surface area contributed by atoms with E-state index in [0.29, 0.717) is 16.5 Å². The van der Waals surface area contributed by atoms with E-state index in [2.05, 4.69) is 0 Å². The smallest absolute Gasteiger partial charge is 0.292 e. The molecule has 6 nitrogen and oxygen atoms in total. The minimum Gasteiger partial charge on any atom is -0.495 e. The van der Waals surface area contributed by atoms with Crippen LogP contribution in [0.5, 0.6) is 5.75 Å². The number of anilines is 1. The van der Waals surface area contributed by atoms with Gasteiger partial charge < -0.3 is 14.4 Å². The normalized spacial score (nSPS) is 30.0. The number of nitrogens with zero attached hydrogens (tertiary/aromatic N) is 1. The van der Waals surface area contributed by atoms with Crippen LogP contribution in [0.4, 0.5) is 5.69 Å². The summed E-state index contributed by atoms with van der Waals surface area (Å²) >= 11 is 6.14. The fourth-order valence-corrected chi connectivity index (χ4v) is 3.94. The van der Waals surface area contributed by atoms with Crippen LogP contribution in [0.15, 0.2) is 12.1 Å². The predicted molar refractivity (Wildman–Crippen MR) is 94.3 cm³/mol. The number of quaternary nitrogens is 1. The minimum absolute atomic E-state index is 0.0722. The molecule has 3 rings (SSSR count). The van der Waals surface area contributed by atoms with Crippen LogP contribution in [0, 0.1) is 6.92 Å². The summed E-state index contributed by atoms with van der Waals surface area (Å²) in [4.78, 5) is 28.0. The van der Waals surface area contributed by atoms with Crippen LogP contribution in [0.2, 0.25) is 5.02 Å². The van der Waals surface area contributed by atoms with Crippen molar-refractivity contribution in [1.82, 2.24) is 0 Å². The van der Waals surface area contributed by atoms with E-state index in [1.165, 1.54) is 12.0 Å². The number of aryl methyl sites for hydroxylation is 1. The summed E-state index contributed by atoms with van der Waals surface area (Å²) in [5.41, 5.74) is 1.26. The monoisotopic (exact) mass is 367 g/mol. The van der Waals surface area contributed by atoms with Gasteiger partial charge in [0.15, 0.2) is 6.04 Å². The number of ether oxygens (including phenoxy) is 2. The Labute approximate surface area is 152 Å². The molecule has 1 aromatic rings. The lowest BCUT2D eigenvalue weighted by Gasteiger charge is -2.34. The molecule has 0 radical (unpaired) electrons. The van der Waals surface area contributed by atoms with Gasteiger partial charge in [-0.1, -0.05) is 11.6 Å². The molecule has 25 heavy (non-hydrogen) atoms. The first-order chi connectivity index (χ1) is 11.8. The van der Waals surface area contributed by atoms with Crippen molar-refractivity contribution >= 4 is 29.1 Å². The average Bonchev–Trinajstić information content (AvgIpc) is 2.83. The fraction of sp³-hybridized carbons (Fsp3) is 0.556. The molecule has 2 aliphatic rings. The maximum atomic E-state index is 13.0. The van der Waals surface area contributed by atoms with Crippen molar-refractivity contribution in [2.24, 2.45) is 0 Å². The summed E-state index contributed by atoms with van der Waals surface area (Å²) in [5, 5.41) is 0.540. The molecule has 0 spiro atoms. The molecule has 2 aliphatic heterocycles. The Morgan fingerprint density at radius 2 is 1.88 bits per heavy atom. The van der Waals surface area contributed by atoms with E-state index in [1.54, 1.807) is 12.1 Å². The van der Waals surface area contributed by atoms with E-state index >= 15 is 0 Å². The van der Waals surface area contributed by atoms with E-state index < -0.39 is 0 Å². The first kappa shape index (κ1) is 18.2. The largest absolute Gasteiger partial charge is 0.495 e. The Morgan fingerprint density at radius 3 is 2.48 bits per heavy atom. The molecule has 2 amide bonds. The van der Waals surface area contributed by atoms with E-state index in [4.69, 9.17) is 21.1 Å². The zero-order valence-corrected chi connectivity index (χ0v) is 15.7. The third-order valence-corrected chi connectivity index (χ3v) is 5.31. The summed E-state index contributed by atoms with van der Waals surface area (Å²) in [7, 11) is 1.50. The van der Waals surface area contributed by atoms with Gasteiger partial charge in [0.2, 0.25) is 5.91 Å². The summed E-state index contributed by atoms with van der Waals surface area (Å²) in [6.45, 7) is 7.28. The van der Waals surface area contributed by atoms with Gasteiger partial charge in [-0.25, -0.2) is 4.90 Å². The van der Waals surface area contributed by atoms with Gasteiger partial charge in [-0.15, -0.1) is 0 Å². The Kier molecular flexibility index (Phi) is 5.04. The molecule has 136 valence electrons. The van der Waals surface area contributed by atoms with Crippen molar-refractivity contribution in [3.63, 3.8) is 0 Å². The van der Waals surface area contributed by atoms with Crippen molar-refractivity contribution in [3.8, 4) is 5.75 Å². The molecular formula is C18H24ClN2O4+. The van der Waals surface area contributed by atoms with Crippen molar-refractivity contribution in [2.75, 3.05) is 25.1 Å². The Hall–Kier alpha value is -1.63. The van der Waals surface area contributed by atoms with Crippen LogP contribution < -0.4 is 14.5 Å². The van der Waals surface area contributed by atoms with Crippen LogP contribution in [0.25, 0.3) is 0 Å². The second-order valence-corrected chi connectivity index (χ2v) is 7.33. The number of morpholine rings is 1. The highest BCUT2D eigenvalue weighted by molar-refractivity contribution is 6.32. The maximum absolute atomic E-state index is 13.0. The molecule has 1 unspecified atom stereocenters. The first-order valence-corrected chi connectivity index (χ1v) is 8.90. The second kappa shape index (κ2) is 6.94. The minimum atomic E-state index is -0.373. The molecule has 1 N–H and O–H groups in total. The standard InChI is InChI=1S/C18H23ClN2O4/c1-10-5-14(16(24-4)6-13(10)19)21-17(22)7-15(18(21)23)20-8-11(2)25-12(3)9-20/h5-6,11-12,15H,7-9H2,1-4H3/p+1/t11-,12+,15-/m0/s1. The lowest BCUT2D eigenvalue weighted by molar-refractivity contribution is -0.929. The summed E-state index contributed by atoms with van der Waals surface area (Å²) in [6, 6.07) is 3.01. The highest BCUT2D eigenvalue weighted by Crippen LogP contribution is 2.36. The van der Waals surface area contributed by atoms with Gasteiger partial charge in [-0.2, -0.15) is 0 Å². The van der Waals surface area contributed by atoms with Gasteiger partial charge in [0.1, 0.15) is 31.0 Å². The Morgan fingerprint density at radius 1 is 1.24 bits per heavy atom. The van der Waals surface area contributed by atoms with Crippen molar-refractivity contribution in [1.29, 1.82) is 0 Å². The molecule has 0 bridgehead atoms. The number of benzene rings is 1. The Bertz CT molecular complexity index is 699. The molecule has 0 aromatic heterocycles. The van der Waals surface area contributed by atoms with Gasteiger partial charge in [-0.05, 0) is 32.4 Å². The van der Waals surface area contributed by atoms with Crippen molar-refractivity contribution < 1.29 is 24.0 Å². The highest BCUT2D eigenvalue weighted by Gasteiger charge is 2.48. The zero-order chi connectivity index (χ0) is 18.3. The number of carbonyl (C=O) groups excluding carboxylic acids is 2. The second-order valence-electron chi connectivity index (χ2n) is 6.92. The van der Waals surface area contributed by atoms with E-state index in [0.717, 1.165) is 23.6 Å². The van der Waals surface area contributed by atoms with Gasteiger partial charge in [-0.3, -0.25) is 9.59 Å². The first-order valence-electron chi connectivity index (χ1n) is 8.52. The topological polar surface area (TPSA) is 60.3 Å². The number of imide groups is 1. The summed E-state index contributed by atoms with van der Waals surface area (Å²) < 4.78 is 11.1. The van der Waals surface area contributed by atoms with Gasteiger partial charge >= 0.3 is 0 Å². The van der Waals surface area contributed by atoms with Gasteiger partial charge in [0, 0.05) is 11.1 Å². The number of carbonyl (C=O) groups is 2. The summed E-state index contributed by atoms with van der Waals surface area (Å²) in [6.07, 6.45) is 0.351. The number of amides is 2. The number of halogens is 1. The highest BCUT2D eigenvalue weighted by atomic mass is 35.5. The lowest BCUT2D eigenvalue weighted by atomic mass is 10.1. The summed E-state index contributed by atoms with van der Waals surface area (Å²) in [5.74, 6) is 0.0484. The quantitative estimate of drug-likeness (QED) is 0.809. The third-order valence-electron chi connectivity index (χ3n) is 4.90. The molecular weight excluding hydrogens is 344 g/mol. The number of nitrogens with one attached hydrogen (secondary N) is 1. The van der Waals surface area contributed by atoms with Crippen LogP contribution >= 0.6 is 11.6 Å². The van der Waals surface area contributed by atoms with E-state index in [1.807, 2.05) is 20.8 Å². The number of methoxy groups -OCH3 is 1. The average molecular weight is 368 g/mol. The SMILES string of the molecule is COc1cc(Cl)c(C)cc1N1C(=O)C[C@H]([NH+]2C[C@@H](C)O[C@@H](C)C2)C1=O. The molecule has 2 fully saturated rings. The number of rotatable bonds is 3. The maximum Gasteiger partial charge on any atom is 0.292 e. The van der Waals surface area contributed by atoms with Crippen molar-refractivity contribution in [3.05, 3.63) is 22.7 Å². The van der Waals surface area contributed by atoms with Crippen LogP contribution in [0.3, 0.4) is 0 Å². The van der Waals surface area contributed by atoms with E-state index in [-0.39, 0.29) is 36.5 Å². The molecule has 0 aliphatic carbocycles. The number of hydrogen-bond acceptors (Lipinski definition) is 4. The molecule has 2 heterocycles. The fourth-order valence-electron chi connectivity index (χ4n) is 3.79. The van der Waals surface area contributed by atoms with Crippen LogP contribution in [-0.4, -0.2) is 50.3 Å². The third kappa shape index (κ3) is 3.38. The molecule has 4 atom stereocenters. The van der Waals surface area contributed by atoms with Crippen LogP contribution in [0.1, 0.15) is 25.8 Å². The zero-order valence-electron chi connectivity index (χ0n) is 15.0. The molecule has 1 aromatic carbocycles. The van der Waals surface area contributed by atoms with Crippen LogP contribution in [-0.2, 0) is 14.3 Å². The Balaban J connectivity index is 1.91. The molecule has 2 saturated heterocycles. The van der Waals surface area contributed by atoms with Crippen molar-refractivity contribution in [2.45, 2.75) is 45.4 Å². The predicted octanol–water partition coefficient (Wildman–Crippen LogP) is 0.981. The van der Waals surface area contributed by atoms with Gasteiger partial charge in [0.05, 0.1) is 19.2 Å². The molecule has 7 heteroatoms. The van der Waals surface area contributed by atoms with Gasteiger partial charge in [0.25, 0.3) is 5.91 Å². The molecule has 0 saturated carbocycles.